The molecule has 0 aliphatic rings. The largest absolute Gasteiger partial charge is 0.494 e. The Morgan fingerprint density at radius 2 is 1.90 bits per heavy atom. The maximum absolute atomic E-state index is 13.2. The van der Waals surface area contributed by atoms with Gasteiger partial charge in [0, 0.05) is 0 Å². The summed E-state index contributed by atoms with van der Waals surface area (Å²) in [6.07, 6.45) is 0. The van der Waals surface area contributed by atoms with Crippen LogP contribution in [0.5, 0.6) is 11.6 Å². The summed E-state index contributed by atoms with van der Waals surface area (Å²) in [4.78, 5) is 25.5. The van der Waals surface area contributed by atoms with E-state index in [0.29, 0.717) is 11.3 Å². The fourth-order valence-corrected chi connectivity index (χ4v) is 3.13. The molecule has 1 aromatic heterocycles. The summed E-state index contributed by atoms with van der Waals surface area (Å²) in [6, 6.07) is 14.3. The number of halogens is 1. The average molecular weight is 406 g/mol. The molecule has 30 heavy (non-hydrogen) atoms. The molecule has 0 saturated heterocycles. The minimum Gasteiger partial charge on any atom is -0.494 e. The number of Topliss-reactive ketones (excluding diaryl/α,β-unsaturated/α-hetero) is 1. The zero-order valence-corrected chi connectivity index (χ0v) is 16.5. The molecular formula is C23H19FN2O4. The quantitative estimate of drug-likeness (QED) is 0.633. The SMILES string of the molecule is Cc1cccc(OCC(=O)c2c(C)c(C#N)c(=O)n(Cc3ccc(F)cc3)c2O)c1. The number of nitriles is 1. The van der Waals surface area contributed by atoms with Crippen molar-refractivity contribution in [2.75, 3.05) is 6.61 Å². The van der Waals surface area contributed by atoms with Gasteiger partial charge in [-0.05, 0) is 54.8 Å². The van der Waals surface area contributed by atoms with Crippen LogP contribution < -0.4 is 10.3 Å². The van der Waals surface area contributed by atoms with Gasteiger partial charge < -0.3 is 9.84 Å². The summed E-state index contributed by atoms with van der Waals surface area (Å²) in [7, 11) is 0. The maximum Gasteiger partial charge on any atom is 0.271 e. The van der Waals surface area contributed by atoms with Crippen molar-refractivity contribution in [3.05, 3.63) is 92.5 Å². The molecule has 0 fully saturated rings. The number of ketones is 1. The summed E-state index contributed by atoms with van der Waals surface area (Å²) >= 11 is 0. The van der Waals surface area contributed by atoms with E-state index < -0.39 is 23.0 Å². The van der Waals surface area contributed by atoms with Crippen LogP contribution in [0.2, 0.25) is 0 Å². The zero-order valence-electron chi connectivity index (χ0n) is 16.5. The first kappa shape index (κ1) is 20.8. The number of aryl methyl sites for hydroxylation is 1. The van der Waals surface area contributed by atoms with E-state index in [2.05, 4.69) is 0 Å². The van der Waals surface area contributed by atoms with Crippen LogP contribution in [0.1, 0.15) is 32.6 Å². The van der Waals surface area contributed by atoms with Gasteiger partial charge >= 0.3 is 0 Å². The smallest absolute Gasteiger partial charge is 0.271 e. The minimum atomic E-state index is -0.729. The first-order valence-corrected chi connectivity index (χ1v) is 9.15. The normalized spacial score (nSPS) is 10.5. The lowest BCUT2D eigenvalue weighted by atomic mass is 10.0. The molecule has 0 aliphatic heterocycles. The molecule has 0 saturated carbocycles. The number of nitrogens with zero attached hydrogens (tertiary/aromatic N) is 2. The number of hydrogen-bond donors (Lipinski definition) is 1. The molecule has 0 atom stereocenters. The highest BCUT2D eigenvalue weighted by molar-refractivity contribution is 6.01. The Hall–Kier alpha value is -3.92. The van der Waals surface area contributed by atoms with Crippen molar-refractivity contribution in [2.24, 2.45) is 0 Å². The summed E-state index contributed by atoms with van der Waals surface area (Å²) in [5.41, 5.74) is 0.449. The average Bonchev–Trinajstić information content (AvgIpc) is 2.71. The fraction of sp³-hybridized carbons (Fsp3) is 0.174. The van der Waals surface area contributed by atoms with Crippen LogP contribution in [-0.4, -0.2) is 22.1 Å². The van der Waals surface area contributed by atoms with Crippen molar-refractivity contribution in [1.29, 1.82) is 5.26 Å². The lowest BCUT2D eigenvalue weighted by Crippen LogP contribution is -2.28. The van der Waals surface area contributed by atoms with Crippen LogP contribution >= 0.6 is 0 Å². The van der Waals surface area contributed by atoms with Gasteiger partial charge in [-0.15, -0.1) is 0 Å². The van der Waals surface area contributed by atoms with Gasteiger partial charge in [-0.2, -0.15) is 5.26 Å². The summed E-state index contributed by atoms with van der Waals surface area (Å²) in [5.74, 6) is -1.09. The molecule has 7 heteroatoms. The predicted molar refractivity (Wildman–Crippen MR) is 108 cm³/mol. The fourth-order valence-electron chi connectivity index (χ4n) is 3.13. The number of ether oxygens (including phenoxy) is 1. The highest BCUT2D eigenvalue weighted by Gasteiger charge is 2.24. The number of carbonyl (C=O) groups excluding carboxylic acids is 1. The molecule has 0 aliphatic carbocycles. The first-order valence-electron chi connectivity index (χ1n) is 9.15. The van der Waals surface area contributed by atoms with Crippen molar-refractivity contribution < 1.29 is 19.0 Å². The highest BCUT2D eigenvalue weighted by atomic mass is 19.1. The lowest BCUT2D eigenvalue weighted by Gasteiger charge is -2.16. The number of aromatic hydroxyl groups is 1. The van der Waals surface area contributed by atoms with E-state index in [1.54, 1.807) is 24.3 Å². The van der Waals surface area contributed by atoms with E-state index in [4.69, 9.17) is 4.74 Å². The van der Waals surface area contributed by atoms with Gasteiger partial charge in [0.05, 0.1) is 12.1 Å². The zero-order chi connectivity index (χ0) is 21.8. The molecule has 3 aromatic rings. The van der Waals surface area contributed by atoms with E-state index in [1.807, 2.05) is 13.0 Å². The van der Waals surface area contributed by atoms with Gasteiger partial charge in [-0.25, -0.2) is 4.39 Å². The molecule has 0 radical (unpaired) electrons. The summed E-state index contributed by atoms with van der Waals surface area (Å²) in [5, 5.41) is 20.1. The van der Waals surface area contributed by atoms with Crippen LogP contribution in [-0.2, 0) is 6.54 Å². The first-order chi connectivity index (χ1) is 14.3. The van der Waals surface area contributed by atoms with E-state index in [0.717, 1.165) is 10.1 Å². The number of benzene rings is 2. The second-order valence-electron chi connectivity index (χ2n) is 6.86. The molecule has 3 rings (SSSR count). The Morgan fingerprint density at radius 1 is 1.20 bits per heavy atom. The van der Waals surface area contributed by atoms with Gasteiger partial charge in [0.2, 0.25) is 11.7 Å². The van der Waals surface area contributed by atoms with E-state index in [-0.39, 0.29) is 29.8 Å². The maximum atomic E-state index is 13.2. The third-order valence-electron chi connectivity index (χ3n) is 4.69. The number of aromatic nitrogens is 1. The molecule has 2 aromatic carbocycles. The Morgan fingerprint density at radius 3 is 2.53 bits per heavy atom. The lowest BCUT2D eigenvalue weighted by molar-refractivity contribution is 0.0916. The highest BCUT2D eigenvalue weighted by Crippen LogP contribution is 2.24. The van der Waals surface area contributed by atoms with E-state index in [9.17, 15) is 24.3 Å². The monoisotopic (exact) mass is 406 g/mol. The molecule has 1 heterocycles. The van der Waals surface area contributed by atoms with Crippen molar-refractivity contribution >= 4 is 5.78 Å². The Labute approximate surface area is 172 Å². The Bertz CT molecular complexity index is 1210. The number of carbonyl (C=O) groups is 1. The van der Waals surface area contributed by atoms with Gasteiger partial charge in [-0.3, -0.25) is 14.2 Å². The number of hydrogen-bond acceptors (Lipinski definition) is 5. The predicted octanol–water partition coefficient (Wildman–Crippen LogP) is 3.49. The standard InChI is InChI=1S/C23H19FN2O4/c1-14-4-3-5-18(10-14)30-13-20(27)21-15(2)19(11-25)22(28)26(23(21)29)12-16-6-8-17(24)9-7-16/h3-10,29H,12-13H2,1-2H3. The van der Waals surface area contributed by atoms with Crippen LogP contribution in [0, 0.1) is 31.0 Å². The third-order valence-corrected chi connectivity index (χ3v) is 4.69. The van der Waals surface area contributed by atoms with Crippen LogP contribution in [0.3, 0.4) is 0 Å². The molecule has 152 valence electrons. The van der Waals surface area contributed by atoms with Crippen molar-refractivity contribution in [2.45, 2.75) is 20.4 Å². The summed E-state index contributed by atoms with van der Waals surface area (Å²) < 4.78 is 19.6. The van der Waals surface area contributed by atoms with Crippen molar-refractivity contribution in [3.8, 4) is 17.7 Å². The molecule has 0 spiro atoms. The van der Waals surface area contributed by atoms with Crippen molar-refractivity contribution in [3.63, 3.8) is 0 Å². The van der Waals surface area contributed by atoms with Gasteiger partial charge in [0.25, 0.3) is 5.56 Å². The van der Waals surface area contributed by atoms with Crippen LogP contribution in [0.4, 0.5) is 4.39 Å². The third kappa shape index (κ3) is 4.23. The van der Waals surface area contributed by atoms with Gasteiger partial charge in [0.1, 0.15) is 23.2 Å². The second-order valence-corrected chi connectivity index (χ2v) is 6.86. The number of rotatable bonds is 6. The van der Waals surface area contributed by atoms with Crippen LogP contribution in [0.25, 0.3) is 0 Å². The van der Waals surface area contributed by atoms with Gasteiger partial charge in [-0.1, -0.05) is 24.3 Å². The van der Waals surface area contributed by atoms with Crippen LogP contribution in [0.15, 0.2) is 53.3 Å². The number of pyridine rings is 1. The van der Waals surface area contributed by atoms with Crippen molar-refractivity contribution in [1.82, 2.24) is 4.57 Å². The van der Waals surface area contributed by atoms with Gasteiger partial charge in [0.15, 0.2) is 6.61 Å². The molecule has 1 N–H and O–H groups in total. The molecule has 6 nitrogen and oxygen atoms in total. The van der Waals surface area contributed by atoms with E-state index >= 15 is 0 Å². The molecule has 0 unspecified atom stereocenters. The summed E-state index contributed by atoms with van der Waals surface area (Å²) in [6.45, 7) is 2.81. The topological polar surface area (TPSA) is 92.3 Å². The Kier molecular flexibility index (Phi) is 5.98. The van der Waals surface area contributed by atoms with E-state index in [1.165, 1.54) is 31.2 Å². The minimum absolute atomic E-state index is 0.0909. The molecular weight excluding hydrogens is 387 g/mol. The Balaban J connectivity index is 1.99. The molecule has 0 bridgehead atoms. The second kappa shape index (κ2) is 8.62. The molecule has 0 amide bonds.